The summed E-state index contributed by atoms with van der Waals surface area (Å²) in [5.74, 6) is 3.00. The van der Waals surface area contributed by atoms with Crippen molar-refractivity contribution in [1.82, 2.24) is 19.7 Å². The second kappa shape index (κ2) is 6.99. The van der Waals surface area contributed by atoms with E-state index in [0.717, 1.165) is 17.2 Å². The topological polar surface area (TPSA) is 69.5 Å². The maximum atomic E-state index is 13.0. The first kappa shape index (κ1) is 16.8. The number of hydrogen-bond acceptors (Lipinski definition) is 5. The molecule has 3 aromatic rings. The van der Waals surface area contributed by atoms with Crippen molar-refractivity contribution < 1.29 is 14.3 Å². The first-order valence-corrected chi connectivity index (χ1v) is 9.44. The average Bonchev–Trinajstić information content (AvgIpc) is 3.05. The molecule has 2 aromatic carbocycles. The predicted molar refractivity (Wildman–Crippen MR) is 102 cm³/mol. The zero-order valence-corrected chi connectivity index (χ0v) is 15.3. The number of nitrogens with zero attached hydrogens (tertiary/aromatic N) is 4. The Labute approximate surface area is 162 Å². The van der Waals surface area contributed by atoms with E-state index in [1.807, 2.05) is 59.5 Å². The van der Waals surface area contributed by atoms with Crippen LogP contribution >= 0.6 is 0 Å². The van der Waals surface area contributed by atoms with Crippen LogP contribution in [0, 0.1) is 0 Å². The van der Waals surface area contributed by atoms with E-state index in [2.05, 4.69) is 14.8 Å². The lowest BCUT2D eigenvalue weighted by Crippen LogP contribution is -2.47. The number of aromatic nitrogens is 3. The fourth-order valence-electron chi connectivity index (χ4n) is 3.69. The average molecular weight is 376 g/mol. The normalized spacial score (nSPS) is 18.3. The molecule has 142 valence electrons. The predicted octanol–water partition coefficient (Wildman–Crippen LogP) is 2.17. The maximum Gasteiger partial charge on any atom is 0.267 e. The molecule has 0 fully saturated rings. The molecule has 0 spiro atoms. The quantitative estimate of drug-likeness (QED) is 0.686. The summed E-state index contributed by atoms with van der Waals surface area (Å²) in [4.78, 5) is 14.9. The summed E-state index contributed by atoms with van der Waals surface area (Å²) in [6, 6.07) is 17.4. The number of carbonyl (C=O) groups excluding carboxylic acids is 1. The van der Waals surface area contributed by atoms with E-state index in [9.17, 15) is 4.79 Å². The molecule has 5 rings (SSSR count). The van der Waals surface area contributed by atoms with Crippen molar-refractivity contribution in [2.45, 2.75) is 19.1 Å². The van der Waals surface area contributed by atoms with Gasteiger partial charge in [-0.25, -0.2) is 0 Å². The molecule has 0 saturated carbocycles. The van der Waals surface area contributed by atoms with E-state index in [0.29, 0.717) is 37.6 Å². The number of hydrogen-bond donors (Lipinski definition) is 0. The van der Waals surface area contributed by atoms with Gasteiger partial charge in [-0.15, -0.1) is 10.2 Å². The zero-order chi connectivity index (χ0) is 18.9. The summed E-state index contributed by atoms with van der Waals surface area (Å²) in [7, 11) is 0. The highest BCUT2D eigenvalue weighted by Gasteiger charge is 2.32. The van der Waals surface area contributed by atoms with Crippen LogP contribution < -0.4 is 9.47 Å². The van der Waals surface area contributed by atoms with Gasteiger partial charge < -0.3 is 18.9 Å². The second-order valence-corrected chi connectivity index (χ2v) is 6.90. The summed E-state index contributed by atoms with van der Waals surface area (Å²) in [5, 5.41) is 8.71. The summed E-state index contributed by atoms with van der Waals surface area (Å²) in [6.45, 7) is 2.06. The van der Waals surface area contributed by atoms with E-state index < -0.39 is 6.10 Å². The SMILES string of the molecule is O=C(C1COc2ccccc2O1)N1CCc2nnc(-c3ccccc3)n2CC1. The van der Waals surface area contributed by atoms with Gasteiger partial charge in [0.05, 0.1) is 0 Å². The molecule has 1 aromatic heterocycles. The molecule has 1 atom stereocenters. The molecule has 0 saturated heterocycles. The van der Waals surface area contributed by atoms with Crippen LogP contribution in [0.5, 0.6) is 11.5 Å². The highest BCUT2D eigenvalue weighted by molar-refractivity contribution is 5.82. The van der Waals surface area contributed by atoms with Gasteiger partial charge in [0.2, 0.25) is 6.10 Å². The lowest BCUT2D eigenvalue weighted by atomic mass is 10.2. The number of carbonyl (C=O) groups is 1. The molecular formula is C21H20N4O3. The molecule has 2 aliphatic heterocycles. The lowest BCUT2D eigenvalue weighted by molar-refractivity contribution is -0.141. The minimum Gasteiger partial charge on any atom is -0.485 e. The van der Waals surface area contributed by atoms with Gasteiger partial charge in [-0.1, -0.05) is 42.5 Å². The lowest BCUT2D eigenvalue weighted by Gasteiger charge is -2.30. The van der Waals surface area contributed by atoms with E-state index in [-0.39, 0.29) is 12.5 Å². The Balaban J connectivity index is 1.31. The van der Waals surface area contributed by atoms with E-state index in [4.69, 9.17) is 9.47 Å². The van der Waals surface area contributed by atoms with E-state index >= 15 is 0 Å². The molecule has 3 heterocycles. The van der Waals surface area contributed by atoms with Gasteiger partial charge in [0.25, 0.3) is 5.91 Å². The minimum atomic E-state index is -0.618. The number of para-hydroxylation sites is 2. The van der Waals surface area contributed by atoms with Gasteiger partial charge in [0.1, 0.15) is 12.4 Å². The van der Waals surface area contributed by atoms with Crippen LogP contribution in [0.3, 0.4) is 0 Å². The van der Waals surface area contributed by atoms with Crippen LogP contribution in [0.2, 0.25) is 0 Å². The summed E-state index contributed by atoms with van der Waals surface area (Å²) in [5.41, 5.74) is 1.03. The second-order valence-electron chi connectivity index (χ2n) is 6.90. The van der Waals surface area contributed by atoms with Crippen molar-refractivity contribution in [2.24, 2.45) is 0 Å². The van der Waals surface area contributed by atoms with Gasteiger partial charge in [0.15, 0.2) is 17.3 Å². The van der Waals surface area contributed by atoms with Crippen molar-refractivity contribution in [3.8, 4) is 22.9 Å². The third kappa shape index (κ3) is 2.98. The Kier molecular flexibility index (Phi) is 4.20. The summed E-state index contributed by atoms with van der Waals surface area (Å²) in [6.07, 6.45) is 0.0440. The van der Waals surface area contributed by atoms with E-state index in [1.165, 1.54) is 0 Å². The van der Waals surface area contributed by atoms with Crippen LogP contribution in [0.15, 0.2) is 54.6 Å². The van der Waals surface area contributed by atoms with Crippen LogP contribution in [0.4, 0.5) is 0 Å². The zero-order valence-electron chi connectivity index (χ0n) is 15.3. The van der Waals surface area contributed by atoms with Crippen molar-refractivity contribution in [3.63, 3.8) is 0 Å². The first-order valence-electron chi connectivity index (χ1n) is 9.44. The Hall–Kier alpha value is -3.35. The van der Waals surface area contributed by atoms with Crippen molar-refractivity contribution in [3.05, 3.63) is 60.4 Å². The molecule has 0 bridgehead atoms. The van der Waals surface area contributed by atoms with Gasteiger partial charge >= 0.3 is 0 Å². The monoisotopic (exact) mass is 376 g/mol. The highest BCUT2D eigenvalue weighted by atomic mass is 16.6. The Morgan fingerprint density at radius 1 is 0.929 bits per heavy atom. The summed E-state index contributed by atoms with van der Waals surface area (Å²) >= 11 is 0. The molecule has 0 aliphatic carbocycles. The molecule has 7 nitrogen and oxygen atoms in total. The molecule has 1 amide bonds. The molecule has 28 heavy (non-hydrogen) atoms. The van der Waals surface area contributed by atoms with Crippen molar-refractivity contribution >= 4 is 5.91 Å². The van der Waals surface area contributed by atoms with E-state index in [1.54, 1.807) is 0 Å². The minimum absolute atomic E-state index is 0.0468. The Morgan fingerprint density at radius 2 is 1.71 bits per heavy atom. The highest BCUT2D eigenvalue weighted by Crippen LogP contribution is 2.31. The number of ether oxygens (including phenoxy) is 2. The largest absolute Gasteiger partial charge is 0.485 e. The van der Waals surface area contributed by atoms with Gasteiger partial charge in [0, 0.05) is 31.6 Å². The molecule has 0 radical (unpaired) electrons. The molecule has 2 aliphatic rings. The van der Waals surface area contributed by atoms with Crippen LogP contribution in [0.25, 0.3) is 11.4 Å². The standard InChI is InChI=1S/C21H20N4O3/c26-21(18-14-27-16-8-4-5-9-17(16)28-18)24-11-10-19-22-23-20(25(19)13-12-24)15-6-2-1-3-7-15/h1-9,18H,10-14H2. The molecule has 0 N–H and O–H groups in total. The number of amides is 1. The van der Waals surface area contributed by atoms with Crippen LogP contribution in [0.1, 0.15) is 5.82 Å². The van der Waals surface area contributed by atoms with Gasteiger partial charge in [-0.2, -0.15) is 0 Å². The number of fused-ring (bicyclic) bond motifs is 2. The first-order chi connectivity index (χ1) is 13.8. The van der Waals surface area contributed by atoms with Crippen LogP contribution in [-0.4, -0.2) is 51.4 Å². The Bertz CT molecular complexity index is 1000. The maximum absolute atomic E-state index is 13.0. The van der Waals surface area contributed by atoms with Crippen molar-refractivity contribution in [2.75, 3.05) is 19.7 Å². The summed E-state index contributed by atoms with van der Waals surface area (Å²) < 4.78 is 13.7. The van der Waals surface area contributed by atoms with Gasteiger partial charge in [-0.05, 0) is 12.1 Å². The third-order valence-corrected chi connectivity index (χ3v) is 5.15. The van der Waals surface area contributed by atoms with Crippen LogP contribution in [-0.2, 0) is 17.8 Å². The molecular weight excluding hydrogens is 356 g/mol. The number of benzene rings is 2. The van der Waals surface area contributed by atoms with Crippen molar-refractivity contribution in [1.29, 1.82) is 0 Å². The molecule has 1 unspecified atom stereocenters. The van der Waals surface area contributed by atoms with Gasteiger partial charge in [-0.3, -0.25) is 4.79 Å². The smallest absolute Gasteiger partial charge is 0.267 e. The fourth-order valence-corrected chi connectivity index (χ4v) is 3.69. The Morgan fingerprint density at radius 3 is 2.57 bits per heavy atom. The molecule has 7 heteroatoms. The third-order valence-electron chi connectivity index (χ3n) is 5.15. The number of rotatable bonds is 2. The fraction of sp³-hybridized carbons (Fsp3) is 0.286.